The van der Waals surface area contributed by atoms with Gasteiger partial charge in [0.05, 0.1) is 23.5 Å². The van der Waals surface area contributed by atoms with E-state index in [1.807, 2.05) is 35.8 Å². The SMILES string of the molecule is CCn1c(SCn2cc([N+](=O)[O-])cn2)nnc1-c1ccccc1OC. The molecule has 130 valence electrons. The number of rotatable bonds is 7. The van der Waals surface area contributed by atoms with Crippen LogP contribution in [-0.4, -0.2) is 36.6 Å². The molecule has 1 aromatic carbocycles. The molecule has 0 amide bonds. The van der Waals surface area contributed by atoms with E-state index in [0.717, 1.165) is 11.3 Å². The predicted octanol–water partition coefficient (Wildman–Crippen LogP) is 2.83. The van der Waals surface area contributed by atoms with Gasteiger partial charge in [-0.05, 0) is 19.1 Å². The van der Waals surface area contributed by atoms with Crippen LogP contribution in [0.15, 0.2) is 41.8 Å². The molecule has 0 saturated carbocycles. The summed E-state index contributed by atoms with van der Waals surface area (Å²) in [6, 6.07) is 7.62. The molecule has 25 heavy (non-hydrogen) atoms. The lowest BCUT2D eigenvalue weighted by Crippen LogP contribution is -2.02. The van der Waals surface area contributed by atoms with Gasteiger partial charge in [-0.15, -0.1) is 10.2 Å². The van der Waals surface area contributed by atoms with E-state index in [1.165, 1.54) is 28.8 Å². The highest BCUT2D eigenvalue weighted by Crippen LogP contribution is 2.31. The fraction of sp³-hybridized carbons (Fsp3) is 0.267. The van der Waals surface area contributed by atoms with Crippen LogP contribution in [0.2, 0.25) is 0 Å². The number of aromatic nitrogens is 5. The van der Waals surface area contributed by atoms with Crippen molar-refractivity contribution >= 4 is 17.4 Å². The van der Waals surface area contributed by atoms with Gasteiger partial charge in [-0.1, -0.05) is 23.9 Å². The third-order valence-corrected chi connectivity index (χ3v) is 4.49. The van der Waals surface area contributed by atoms with E-state index >= 15 is 0 Å². The Morgan fingerprint density at radius 1 is 1.32 bits per heavy atom. The Balaban J connectivity index is 1.83. The Kier molecular flexibility index (Phi) is 4.98. The van der Waals surface area contributed by atoms with Gasteiger partial charge in [-0.25, -0.2) is 0 Å². The van der Waals surface area contributed by atoms with Gasteiger partial charge in [0.15, 0.2) is 11.0 Å². The third-order valence-electron chi connectivity index (χ3n) is 3.54. The summed E-state index contributed by atoms with van der Waals surface area (Å²) in [4.78, 5) is 10.2. The molecule has 0 saturated heterocycles. The molecule has 0 radical (unpaired) electrons. The first kappa shape index (κ1) is 17.0. The molecule has 3 rings (SSSR count). The predicted molar refractivity (Wildman–Crippen MR) is 92.4 cm³/mol. The molecule has 10 heteroatoms. The second-order valence-electron chi connectivity index (χ2n) is 5.02. The van der Waals surface area contributed by atoms with Crippen LogP contribution < -0.4 is 4.74 Å². The maximum absolute atomic E-state index is 10.7. The van der Waals surface area contributed by atoms with Gasteiger partial charge in [0.1, 0.15) is 18.1 Å². The molecule has 0 aliphatic heterocycles. The summed E-state index contributed by atoms with van der Waals surface area (Å²) in [5.41, 5.74) is 0.827. The smallest absolute Gasteiger partial charge is 0.307 e. The van der Waals surface area contributed by atoms with Crippen molar-refractivity contribution in [2.45, 2.75) is 24.5 Å². The van der Waals surface area contributed by atoms with Crippen molar-refractivity contribution < 1.29 is 9.66 Å². The molecule has 0 aliphatic rings. The van der Waals surface area contributed by atoms with E-state index in [9.17, 15) is 10.1 Å². The summed E-state index contributed by atoms with van der Waals surface area (Å²) in [5.74, 6) is 1.84. The standard InChI is InChI=1S/C15H16N6O3S/c1-3-20-14(12-6-4-5-7-13(12)24-2)17-18-15(20)25-10-19-9-11(8-16-19)21(22)23/h4-9H,3,10H2,1-2H3. The molecule has 0 aliphatic carbocycles. The second kappa shape index (κ2) is 7.34. The summed E-state index contributed by atoms with van der Waals surface area (Å²) in [7, 11) is 1.62. The molecule has 0 atom stereocenters. The van der Waals surface area contributed by atoms with Crippen LogP contribution in [0.5, 0.6) is 5.75 Å². The first-order valence-corrected chi connectivity index (χ1v) is 8.48. The van der Waals surface area contributed by atoms with Crippen LogP contribution in [-0.2, 0) is 12.4 Å². The molecule has 0 bridgehead atoms. The Morgan fingerprint density at radius 3 is 2.80 bits per heavy atom. The zero-order valence-corrected chi connectivity index (χ0v) is 14.5. The number of hydrogen-bond donors (Lipinski definition) is 0. The lowest BCUT2D eigenvalue weighted by Gasteiger charge is -2.10. The monoisotopic (exact) mass is 360 g/mol. The Bertz CT molecular complexity index is 891. The number of ether oxygens (including phenoxy) is 1. The average molecular weight is 360 g/mol. The molecule has 0 unspecified atom stereocenters. The van der Waals surface area contributed by atoms with Crippen LogP contribution in [0.1, 0.15) is 6.92 Å². The first-order valence-electron chi connectivity index (χ1n) is 7.50. The average Bonchev–Trinajstić information content (AvgIpc) is 3.26. The highest BCUT2D eigenvalue weighted by atomic mass is 32.2. The zero-order chi connectivity index (χ0) is 17.8. The van der Waals surface area contributed by atoms with Gasteiger partial charge >= 0.3 is 5.69 Å². The number of nitro groups is 1. The minimum absolute atomic E-state index is 0.0349. The zero-order valence-electron chi connectivity index (χ0n) is 13.7. The Morgan fingerprint density at radius 2 is 2.12 bits per heavy atom. The van der Waals surface area contributed by atoms with E-state index in [0.29, 0.717) is 23.4 Å². The number of hydrogen-bond acceptors (Lipinski definition) is 7. The molecule has 0 fully saturated rings. The van der Waals surface area contributed by atoms with Gasteiger partial charge in [0, 0.05) is 6.54 Å². The van der Waals surface area contributed by atoms with Gasteiger partial charge in [0.25, 0.3) is 0 Å². The van der Waals surface area contributed by atoms with Gasteiger partial charge in [0.2, 0.25) is 0 Å². The van der Waals surface area contributed by atoms with Crippen molar-refractivity contribution in [1.82, 2.24) is 24.5 Å². The van der Waals surface area contributed by atoms with Crippen molar-refractivity contribution in [3.63, 3.8) is 0 Å². The summed E-state index contributed by atoms with van der Waals surface area (Å²) in [6.45, 7) is 2.69. The fourth-order valence-corrected chi connectivity index (χ4v) is 3.21. The number of para-hydroxylation sites is 1. The van der Waals surface area contributed by atoms with Crippen molar-refractivity contribution in [2.24, 2.45) is 0 Å². The molecule has 0 spiro atoms. The quantitative estimate of drug-likeness (QED) is 0.363. The third kappa shape index (κ3) is 3.48. The van der Waals surface area contributed by atoms with Crippen molar-refractivity contribution in [3.8, 4) is 17.1 Å². The number of methoxy groups -OCH3 is 1. The van der Waals surface area contributed by atoms with Crippen molar-refractivity contribution in [3.05, 3.63) is 46.8 Å². The summed E-state index contributed by atoms with van der Waals surface area (Å²) >= 11 is 1.41. The van der Waals surface area contributed by atoms with Crippen molar-refractivity contribution in [1.29, 1.82) is 0 Å². The minimum Gasteiger partial charge on any atom is -0.496 e. The lowest BCUT2D eigenvalue weighted by molar-refractivity contribution is -0.385. The van der Waals surface area contributed by atoms with Crippen LogP contribution in [0, 0.1) is 10.1 Å². The van der Waals surface area contributed by atoms with Crippen LogP contribution in [0.4, 0.5) is 5.69 Å². The maximum Gasteiger partial charge on any atom is 0.307 e. The van der Waals surface area contributed by atoms with Gasteiger partial charge in [-0.3, -0.25) is 14.8 Å². The van der Waals surface area contributed by atoms with E-state index in [2.05, 4.69) is 15.3 Å². The Hall–Kier alpha value is -2.88. The molecular formula is C15H16N6O3S. The molecular weight excluding hydrogens is 344 g/mol. The molecule has 3 aromatic rings. The van der Waals surface area contributed by atoms with Crippen molar-refractivity contribution in [2.75, 3.05) is 7.11 Å². The fourth-order valence-electron chi connectivity index (χ4n) is 2.35. The van der Waals surface area contributed by atoms with E-state index in [4.69, 9.17) is 4.74 Å². The Labute approximate surface area is 147 Å². The van der Waals surface area contributed by atoms with E-state index in [-0.39, 0.29) is 5.69 Å². The maximum atomic E-state index is 10.7. The summed E-state index contributed by atoms with van der Waals surface area (Å²) in [6.07, 6.45) is 2.62. The lowest BCUT2D eigenvalue weighted by atomic mass is 10.2. The topological polar surface area (TPSA) is 101 Å². The van der Waals surface area contributed by atoms with Crippen LogP contribution >= 0.6 is 11.8 Å². The summed E-state index contributed by atoms with van der Waals surface area (Å²) in [5, 5.41) is 23.9. The van der Waals surface area contributed by atoms with Crippen LogP contribution in [0.25, 0.3) is 11.4 Å². The number of nitrogens with zero attached hydrogens (tertiary/aromatic N) is 6. The molecule has 9 nitrogen and oxygen atoms in total. The van der Waals surface area contributed by atoms with E-state index in [1.54, 1.807) is 7.11 Å². The van der Waals surface area contributed by atoms with E-state index < -0.39 is 4.92 Å². The highest BCUT2D eigenvalue weighted by Gasteiger charge is 2.17. The van der Waals surface area contributed by atoms with Gasteiger partial charge < -0.3 is 9.30 Å². The van der Waals surface area contributed by atoms with Gasteiger partial charge in [-0.2, -0.15) is 5.10 Å². The van der Waals surface area contributed by atoms with Crippen LogP contribution in [0.3, 0.4) is 0 Å². The largest absolute Gasteiger partial charge is 0.496 e. The molecule has 2 heterocycles. The highest BCUT2D eigenvalue weighted by molar-refractivity contribution is 7.98. The minimum atomic E-state index is -0.470. The first-order chi connectivity index (χ1) is 12.1. The summed E-state index contributed by atoms with van der Waals surface area (Å²) < 4.78 is 8.87. The molecule has 2 aromatic heterocycles. The normalized spacial score (nSPS) is 10.8. The number of benzene rings is 1. The second-order valence-corrected chi connectivity index (χ2v) is 5.93. The molecule has 0 N–H and O–H groups in total. The number of thioether (sulfide) groups is 1.